The number of halogens is 2. The summed E-state index contributed by atoms with van der Waals surface area (Å²) in [6, 6.07) is 0. The zero-order chi connectivity index (χ0) is 13.0. The molecular formula is C12H19F2N3S. The number of aromatic nitrogens is 2. The van der Waals surface area contributed by atoms with Gasteiger partial charge in [0.2, 0.25) is 5.92 Å². The van der Waals surface area contributed by atoms with Crippen molar-refractivity contribution < 1.29 is 8.78 Å². The van der Waals surface area contributed by atoms with E-state index in [0.29, 0.717) is 12.8 Å². The summed E-state index contributed by atoms with van der Waals surface area (Å²) in [4.78, 5) is 0. The van der Waals surface area contributed by atoms with E-state index in [1.54, 1.807) is 11.3 Å². The first-order valence-corrected chi connectivity index (χ1v) is 7.33. The first kappa shape index (κ1) is 13.8. The molecule has 3 nitrogen and oxygen atoms in total. The van der Waals surface area contributed by atoms with E-state index in [4.69, 9.17) is 0 Å². The molecule has 0 aliphatic heterocycles. The molecule has 0 bridgehead atoms. The summed E-state index contributed by atoms with van der Waals surface area (Å²) in [5.74, 6) is -2.28. The van der Waals surface area contributed by atoms with Gasteiger partial charge in [0, 0.05) is 25.3 Å². The van der Waals surface area contributed by atoms with Crippen LogP contribution >= 0.6 is 11.3 Å². The standard InChI is InChI=1S/C12H19F2N3S/c1-2-7-15-8-10-16-17-11(18-10)9-3-5-12(13,14)6-4-9/h9,15H,2-8H2,1H3. The molecule has 6 heteroatoms. The van der Waals surface area contributed by atoms with Crippen molar-refractivity contribution in [2.75, 3.05) is 6.54 Å². The largest absolute Gasteiger partial charge is 0.310 e. The number of rotatable bonds is 5. The maximum Gasteiger partial charge on any atom is 0.248 e. The summed E-state index contributed by atoms with van der Waals surface area (Å²) < 4.78 is 26.1. The van der Waals surface area contributed by atoms with Crippen LogP contribution in [-0.2, 0) is 6.54 Å². The van der Waals surface area contributed by atoms with Gasteiger partial charge in [-0.1, -0.05) is 18.3 Å². The molecule has 1 aromatic heterocycles. The van der Waals surface area contributed by atoms with Gasteiger partial charge in [0.25, 0.3) is 0 Å². The lowest BCUT2D eigenvalue weighted by Gasteiger charge is -2.26. The van der Waals surface area contributed by atoms with Crippen LogP contribution in [0.5, 0.6) is 0 Å². The smallest absolute Gasteiger partial charge is 0.248 e. The third-order valence-electron chi connectivity index (χ3n) is 3.25. The van der Waals surface area contributed by atoms with E-state index >= 15 is 0 Å². The van der Waals surface area contributed by atoms with E-state index in [1.165, 1.54) is 0 Å². The van der Waals surface area contributed by atoms with Gasteiger partial charge in [-0.15, -0.1) is 10.2 Å². The SMILES string of the molecule is CCCNCc1nnc(C2CCC(F)(F)CC2)s1. The highest BCUT2D eigenvalue weighted by molar-refractivity contribution is 7.11. The van der Waals surface area contributed by atoms with E-state index in [9.17, 15) is 8.78 Å². The van der Waals surface area contributed by atoms with Crippen LogP contribution in [0, 0.1) is 0 Å². The lowest BCUT2D eigenvalue weighted by atomic mass is 9.87. The second-order valence-electron chi connectivity index (χ2n) is 4.84. The third kappa shape index (κ3) is 3.68. The molecule has 1 heterocycles. The minimum absolute atomic E-state index is 0.0132. The van der Waals surface area contributed by atoms with Crippen LogP contribution < -0.4 is 5.32 Å². The summed E-state index contributed by atoms with van der Waals surface area (Å²) in [6.07, 6.45) is 2.12. The summed E-state index contributed by atoms with van der Waals surface area (Å²) in [7, 11) is 0. The summed E-state index contributed by atoms with van der Waals surface area (Å²) in [5, 5.41) is 13.4. The average molecular weight is 275 g/mol. The molecule has 0 spiro atoms. The molecule has 102 valence electrons. The molecule has 0 unspecified atom stereocenters. The predicted octanol–water partition coefficient (Wildman–Crippen LogP) is 3.33. The Morgan fingerprint density at radius 3 is 2.72 bits per heavy atom. The molecule has 1 aromatic rings. The summed E-state index contributed by atoms with van der Waals surface area (Å²) in [6.45, 7) is 3.81. The van der Waals surface area contributed by atoms with Gasteiger partial charge >= 0.3 is 0 Å². The molecule has 1 fully saturated rings. The molecule has 0 aromatic carbocycles. The van der Waals surface area contributed by atoms with Crippen LogP contribution in [0.3, 0.4) is 0 Å². The second kappa shape index (κ2) is 6.02. The lowest BCUT2D eigenvalue weighted by Crippen LogP contribution is -2.23. The van der Waals surface area contributed by atoms with Crippen LogP contribution in [0.15, 0.2) is 0 Å². The molecule has 1 aliphatic carbocycles. The predicted molar refractivity (Wildman–Crippen MR) is 68.1 cm³/mol. The Morgan fingerprint density at radius 1 is 1.33 bits per heavy atom. The van der Waals surface area contributed by atoms with E-state index < -0.39 is 5.92 Å². The molecule has 0 atom stereocenters. The van der Waals surface area contributed by atoms with E-state index in [-0.39, 0.29) is 18.8 Å². The van der Waals surface area contributed by atoms with E-state index in [0.717, 1.165) is 29.5 Å². The minimum Gasteiger partial charge on any atom is -0.310 e. The van der Waals surface area contributed by atoms with Crippen molar-refractivity contribution in [2.24, 2.45) is 0 Å². The van der Waals surface area contributed by atoms with Crippen molar-refractivity contribution >= 4 is 11.3 Å². The average Bonchev–Trinajstić information content (AvgIpc) is 2.78. The molecule has 0 radical (unpaired) electrons. The van der Waals surface area contributed by atoms with Gasteiger partial charge < -0.3 is 5.32 Å². The Morgan fingerprint density at radius 2 is 2.06 bits per heavy atom. The van der Waals surface area contributed by atoms with Crippen molar-refractivity contribution in [2.45, 2.75) is 57.4 Å². The number of alkyl halides is 2. The van der Waals surface area contributed by atoms with Gasteiger partial charge in [-0.05, 0) is 25.8 Å². The number of nitrogens with one attached hydrogen (secondary N) is 1. The van der Waals surface area contributed by atoms with E-state index in [1.807, 2.05) is 0 Å². The Balaban J connectivity index is 1.86. The van der Waals surface area contributed by atoms with Crippen LogP contribution in [0.25, 0.3) is 0 Å². The number of hydrogen-bond acceptors (Lipinski definition) is 4. The number of hydrogen-bond donors (Lipinski definition) is 1. The monoisotopic (exact) mass is 275 g/mol. The first-order chi connectivity index (χ1) is 8.61. The van der Waals surface area contributed by atoms with Gasteiger partial charge in [0.15, 0.2) is 0 Å². The van der Waals surface area contributed by atoms with Crippen LogP contribution in [0.1, 0.15) is 55.0 Å². The highest BCUT2D eigenvalue weighted by atomic mass is 32.1. The maximum atomic E-state index is 13.1. The summed E-state index contributed by atoms with van der Waals surface area (Å²) in [5.41, 5.74) is 0. The Hall–Kier alpha value is -0.620. The van der Waals surface area contributed by atoms with Crippen molar-refractivity contribution in [3.63, 3.8) is 0 Å². The zero-order valence-corrected chi connectivity index (χ0v) is 11.4. The van der Waals surface area contributed by atoms with Gasteiger partial charge in [0.1, 0.15) is 10.0 Å². The van der Waals surface area contributed by atoms with Gasteiger partial charge in [-0.25, -0.2) is 8.78 Å². The first-order valence-electron chi connectivity index (χ1n) is 6.51. The van der Waals surface area contributed by atoms with Gasteiger partial charge in [0.05, 0.1) is 0 Å². The quantitative estimate of drug-likeness (QED) is 0.838. The molecule has 0 amide bonds. The molecule has 18 heavy (non-hydrogen) atoms. The fraction of sp³-hybridized carbons (Fsp3) is 0.833. The van der Waals surface area contributed by atoms with Gasteiger partial charge in [-0.2, -0.15) is 0 Å². The molecule has 1 N–H and O–H groups in total. The fourth-order valence-electron chi connectivity index (χ4n) is 2.16. The Bertz CT molecular complexity index is 371. The fourth-order valence-corrected chi connectivity index (χ4v) is 3.14. The van der Waals surface area contributed by atoms with Gasteiger partial charge in [-0.3, -0.25) is 0 Å². The zero-order valence-electron chi connectivity index (χ0n) is 10.6. The highest BCUT2D eigenvalue weighted by Gasteiger charge is 2.36. The van der Waals surface area contributed by atoms with Crippen LogP contribution in [-0.4, -0.2) is 22.7 Å². The Kier molecular flexibility index (Phi) is 4.61. The maximum absolute atomic E-state index is 13.1. The normalized spacial score (nSPS) is 20.2. The third-order valence-corrected chi connectivity index (χ3v) is 4.34. The molecule has 2 rings (SSSR count). The molecule has 0 saturated heterocycles. The Labute approximate surface area is 110 Å². The van der Waals surface area contributed by atoms with Crippen molar-refractivity contribution in [3.8, 4) is 0 Å². The summed E-state index contributed by atoms with van der Waals surface area (Å²) >= 11 is 1.56. The molecule has 1 aliphatic rings. The minimum atomic E-state index is -2.47. The molecular weight excluding hydrogens is 256 g/mol. The topological polar surface area (TPSA) is 37.8 Å². The van der Waals surface area contributed by atoms with Crippen LogP contribution in [0.2, 0.25) is 0 Å². The molecule has 1 saturated carbocycles. The second-order valence-corrected chi connectivity index (χ2v) is 5.93. The van der Waals surface area contributed by atoms with Crippen molar-refractivity contribution in [1.29, 1.82) is 0 Å². The van der Waals surface area contributed by atoms with Crippen molar-refractivity contribution in [1.82, 2.24) is 15.5 Å². The number of nitrogens with zero attached hydrogens (tertiary/aromatic N) is 2. The lowest BCUT2D eigenvalue weighted by molar-refractivity contribution is -0.0382. The van der Waals surface area contributed by atoms with Crippen LogP contribution in [0.4, 0.5) is 8.78 Å². The highest BCUT2D eigenvalue weighted by Crippen LogP contribution is 2.41. The van der Waals surface area contributed by atoms with Crippen molar-refractivity contribution in [3.05, 3.63) is 10.0 Å². The van der Waals surface area contributed by atoms with E-state index in [2.05, 4.69) is 22.4 Å².